The molecule has 0 aliphatic heterocycles. The standard InChI is InChI=1S/C21H23N3O2/c1-15-5-4-6-16(2)20(15)26-14-17-7-9-18(10-8-17)21(25)22-13-19-11-12-24(3)23-19/h4-12H,13-14H2,1-3H3,(H,22,25). The van der Waals surface area contributed by atoms with Crippen LogP contribution < -0.4 is 10.1 Å². The van der Waals surface area contributed by atoms with Gasteiger partial charge in [-0.3, -0.25) is 9.48 Å². The van der Waals surface area contributed by atoms with E-state index in [0.29, 0.717) is 18.7 Å². The molecule has 1 amide bonds. The second-order valence-electron chi connectivity index (χ2n) is 6.37. The number of hydrogen-bond donors (Lipinski definition) is 1. The van der Waals surface area contributed by atoms with Gasteiger partial charge in [-0.2, -0.15) is 5.10 Å². The minimum absolute atomic E-state index is 0.113. The molecule has 3 aromatic rings. The van der Waals surface area contributed by atoms with Crippen molar-refractivity contribution >= 4 is 5.91 Å². The van der Waals surface area contributed by atoms with Gasteiger partial charge in [0.05, 0.1) is 12.2 Å². The Morgan fingerprint density at radius 3 is 2.38 bits per heavy atom. The summed E-state index contributed by atoms with van der Waals surface area (Å²) in [4.78, 5) is 12.2. The van der Waals surface area contributed by atoms with Crippen molar-refractivity contribution in [2.45, 2.75) is 27.0 Å². The highest BCUT2D eigenvalue weighted by Gasteiger charge is 2.07. The van der Waals surface area contributed by atoms with Crippen LogP contribution in [0.1, 0.15) is 32.7 Å². The van der Waals surface area contributed by atoms with Crippen LogP contribution >= 0.6 is 0 Å². The van der Waals surface area contributed by atoms with E-state index in [1.807, 2.05) is 75.6 Å². The number of amides is 1. The second-order valence-corrected chi connectivity index (χ2v) is 6.37. The van der Waals surface area contributed by atoms with Crippen molar-refractivity contribution in [3.8, 4) is 5.75 Å². The quantitative estimate of drug-likeness (QED) is 0.740. The highest BCUT2D eigenvalue weighted by molar-refractivity contribution is 5.94. The number of hydrogen-bond acceptors (Lipinski definition) is 3. The Morgan fingerprint density at radius 2 is 1.77 bits per heavy atom. The van der Waals surface area contributed by atoms with Crippen LogP contribution in [0.3, 0.4) is 0 Å². The van der Waals surface area contributed by atoms with Gasteiger partial charge in [-0.05, 0) is 48.7 Å². The Balaban J connectivity index is 1.56. The van der Waals surface area contributed by atoms with Crippen LogP contribution in [0.4, 0.5) is 0 Å². The topological polar surface area (TPSA) is 56.1 Å². The molecular weight excluding hydrogens is 326 g/mol. The molecule has 0 unspecified atom stereocenters. The number of aryl methyl sites for hydroxylation is 3. The zero-order valence-electron chi connectivity index (χ0n) is 15.3. The van der Waals surface area contributed by atoms with Gasteiger partial charge >= 0.3 is 0 Å². The third-order valence-electron chi connectivity index (χ3n) is 4.21. The molecule has 3 rings (SSSR count). The van der Waals surface area contributed by atoms with E-state index in [-0.39, 0.29) is 5.91 Å². The Bertz CT molecular complexity index is 878. The number of carbonyl (C=O) groups excluding carboxylic acids is 1. The molecule has 0 saturated carbocycles. The Kier molecular flexibility index (Phi) is 5.37. The van der Waals surface area contributed by atoms with Crippen molar-refractivity contribution in [1.82, 2.24) is 15.1 Å². The Morgan fingerprint density at radius 1 is 1.08 bits per heavy atom. The summed E-state index contributed by atoms with van der Waals surface area (Å²) in [7, 11) is 1.85. The molecule has 0 fully saturated rings. The van der Waals surface area contributed by atoms with Crippen LogP contribution in [0.15, 0.2) is 54.7 Å². The third-order valence-corrected chi connectivity index (χ3v) is 4.21. The van der Waals surface area contributed by atoms with Crippen molar-refractivity contribution < 1.29 is 9.53 Å². The van der Waals surface area contributed by atoms with E-state index in [2.05, 4.69) is 10.4 Å². The van der Waals surface area contributed by atoms with E-state index in [9.17, 15) is 4.79 Å². The van der Waals surface area contributed by atoms with Gasteiger partial charge in [0, 0.05) is 18.8 Å². The van der Waals surface area contributed by atoms with E-state index in [4.69, 9.17) is 4.74 Å². The molecular formula is C21H23N3O2. The van der Waals surface area contributed by atoms with Crippen LogP contribution in [0.25, 0.3) is 0 Å². The fourth-order valence-electron chi connectivity index (χ4n) is 2.77. The number of para-hydroxylation sites is 1. The molecule has 134 valence electrons. The lowest BCUT2D eigenvalue weighted by atomic mass is 10.1. The maximum atomic E-state index is 12.2. The summed E-state index contributed by atoms with van der Waals surface area (Å²) < 4.78 is 7.67. The maximum Gasteiger partial charge on any atom is 0.251 e. The van der Waals surface area contributed by atoms with Crippen LogP contribution in [-0.4, -0.2) is 15.7 Å². The molecule has 0 saturated heterocycles. The number of ether oxygens (including phenoxy) is 1. The molecule has 0 spiro atoms. The summed E-state index contributed by atoms with van der Waals surface area (Å²) in [6.45, 7) is 4.97. The minimum atomic E-state index is -0.113. The van der Waals surface area contributed by atoms with Gasteiger partial charge in [0.1, 0.15) is 12.4 Å². The van der Waals surface area contributed by atoms with Crippen LogP contribution in [-0.2, 0) is 20.2 Å². The average molecular weight is 349 g/mol. The summed E-state index contributed by atoms with van der Waals surface area (Å²) in [5.41, 5.74) is 4.72. The predicted molar refractivity (Wildman–Crippen MR) is 101 cm³/mol. The van der Waals surface area contributed by atoms with E-state index in [1.54, 1.807) is 4.68 Å². The van der Waals surface area contributed by atoms with Crippen molar-refractivity contribution in [1.29, 1.82) is 0 Å². The molecule has 2 aromatic carbocycles. The van der Waals surface area contributed by atoms with Crippen molar-refractivity contribution in [2.24, 2.45) is 7.05 Å². The molecule has 1 N–H and O–H groups in total. The van der Waals surface area contributed by atoms with E-state index in [0.717, 1.165) is 28.1 Å². The monoisotopic (exact) mass is 349 g/mol. The lowest BCUT2D eigenvalue weighted by Crippen LogP contribution is -2.23. The van der Waals surface area contributed by atoms with Gasteiger partial charge < -0.3 is 10.1 Å². The number of carbonyl (C=O) groups is 1. The molecule has 0 aliphatic rings. The van der Waals surface area contributed by atoms with Gasteiger partial charge in [0.15, 0.2) is 0 Å². The first-order chi connectivity index (χ1) is 12.5. The number of nitrogens with one attached hydrogen (secondary N) is 1. The highest BCUT2D eigenvalue weighted by atomic mass is 16.5. The van der Waals surface area contributed by atoms with Crippen molar-refractivity contribution in [3.05, 3.63) is 82.7 Å². The molecule has 0 atom stereocenters. The predicted octanol–water partition coefficient (Wildman–Crippen LogP) is 3.55. The zero-order chi connectivity index (χ0) is 18.5. The number of aromatic nitrogens is 2. The van der Waals surface area contributed by atoms with E-state index >= 15 is 0 Å². The smallest absolute Gasteiger partial charge is 0.251 e. The molecule has 0 aliphatic carbocycles. The van der Waals surface area contributed by atoms with Gasteiger partial charge in [-0.15, -0.1) is 0 Å². The third kappa shape index (κ3) is 4.30. The molecule has 1 aromatic heterocycles. The van der Waals surface area contributed by atoms with E-state index in [1.165, 1.54) is 0 Å². The van der Waals surface area contributed by atoms with Crippen LogP contribution in [0.2, 0.25) is 0 Å². The average Bonchev–Trinajstić information content (AvgIpc) is 3.05. The van der Waals surface area contributed by atoms with Gasteiger partial charge in [0.2, 0.25) is 0 Å². The minimum Gasteiger partial charge on any atom is -0.488 e. The fourth-order valence-corrected chi connectivity index (χ4v) is 2.77. The highest BCUT2D eigenvalue weighted by Crippen LogP contribution is 2.23. The molecule has 5 heteroatoms. The summed E-state index contributed by atoms with van der Waals surface area (Å²) in [6.07, 6.45) is 1.85. The second kappa shape index (κ2) is 7.87. The summed E-state index contributed by atoms with van der Waals surface area (Å²) in [6, 6.07) is 15.5. The molecule has 5 nitrogen and oxygen atoms in total. The molecule has 0 bridgehead atoms. The molecule has 0 radical (unpaired) electrons. The van der Waals surface area contributed by atoms with Crippen LogP contribution in [0.5, 0.6) is 5.75 Å². The SMILES string of the molecule is Cc1cccc(C)c1OCc1ccc(C(=O)NCc2ccn(C)n2)cc1. The van der Waals surface area contributed by atoms with Crippen molar-refractivity contribution in [2.75, 3.05) is 0 Å². The van der Waals surface area contributed by atoms with Crippen LogP contribution in [0, 0.1) is 13.8 Å². The summed E-state index contributed by atoms with van der Waals surface area (Å²) >= 11 is 0. The summed E-state index contributed by atoms with van der Waals surface area (Å²) in [5.74, 6) is 0.808. The number of nitrogens with zero attached hydrogens (tertiary/aromatic N) is 2. The fraction of sp³-hybridized carbons (Fsp3) is 0.238. The van der Waals surface area contributed by atoms with Gasteiger partial charge in [0.25, 0.3) is 5.91 Å². The molecule has 1 heterocycles. The first-order valence-electron chi connectivity index (χ1n) is 8.57. The Hall–Kier alpha value is -3.08. The normalized spacial score (nSPS) is 10.6. The summed E-state index contributed by atoms with van der Waals surface area (Å²) in [5, 5.41) is 7.12. The number of rotatable bonds is 6. The largest absolute Gasteiger partial charge is 0.488 e. The van der Waals surface area contributed by atoms with Gasteiger partial charge in [-0.25, -0.2) is 0 Å². The molecule has 26 heavy (non-hydrogen) atoms. The lowest BCUT2D eigenvalue weighted by molar-refractivity contribution is 0.0950. The van der Waals surface area contributed by atoms with E-state index < -0.39 is 0 Å². The lowest BCUT2D eigenvalue weighted by Gasteiger charge is -2.12. The van der Waals surface area contributed by atoms with Crippen molar-refractivity contribution in [3.63, 3.8) is 0 Å². The Labute approximate surface area is 153 Å². The zero-order valence-corrected chi connectivity index (χ0v) is 15.3. The van der Waals surface area contributed by atoms with Gasteiger partial charge in [-0.1, -0.05) is 30.3 Å². The number of benzene rings is 2. The first-order valence-corrected chi connectivity index (χ1v) is 8.57. The first kappa shape index (κ1) is 17.7. The maximum absolute atomic E-state index is 12.2.